The number of nitrogens with zero attached hydrogens (tertiary/aromatic N) is 3. The third kappa shape index (κ3) is 4.95. The minimum absolute atomic E-state index is 0.178. The van der Waals surface area contributed by atoms with Crippen LogP contribution in [0, 0.1) is 0 Å². The van der Waals surface area contributed by atoms with Gasteiger partial charge in [0.15, 0.2) is 6.61 Å². The zero-order valence-corrected chi connectivity index (χ0v) is 16.9. The summed E-state index contributed by atoms with van der Waals surface area (Å²) >= 11 is 6.05. The molecule has 1 fully saturated rings. The normalized spacial score (nSPS) is 14.0. The molecule has 0 aliphatic carbocycles. The number of benzene rings is 2. The SMILES string of the molecule is CN(C)c1cccc(C(=O)OCC(=O)N2CCN(c3cccc(Cl)c3)CC2)c1. The van der Waals surface area contributed by atoms with Crippen molar-refractivity contribution >= 4 is 34.9 Å². The molecule has 1 saturated heterocycles. The van der Waals surface area contributed by atoms with Crippen LogP contribution in [0.25, 0.3) is 0 Å². The maximum atomic E-state index is 12.4. The van der Waals surface area contributed by atoms with Crippen molar-refractivity contribution in [3.8, 4) is 0 Å². The van der Waals surface area contributed by atoms with Gasteiger partial charge in [-0.3, -0.25) is 4.79 Å². The maximum Gasteiger partial charge on any atom is 0.338 e. The Morgan fingerprint density at radius 3 is 2.43 bits per heavy atom. The van der Waals surface area contributed by atoms with Crippen LogP contribution in [0.2, 0.25) is 5.02 Å². The second-order valence-corrected chi connectivity index (χ2v) is 7.31. The third-order valence-corrected chi connectivity index (χ3v) is 4.97. The molecular weight excluding hydrogens is 378 g/mol. The fourth-order valence-electron chi connectivity index (χ4n) is 3.10. The summed E-state index contributed by atoms with van der Waals surface area (Å²) in [6, 6.07) is 14.8. The summed E-state index contributed by atoms with van der Waals surface area (Å²) < 4.78 is 5.23. The second-order valence-electron chi connectivity index (χ2n) is 6.87. The number of anilines is 2. The highest BCUT2D eigenvalue weighted by molar-refractivity contribution is 6.30. The van der Waals surface area contributed by atoms with Gasteiger partial charge in [0.2, 0.25) is 0 Å². The average molecular weight is 402 g/mol. The molecule has 7 heteroatoms. The van der Waals surface area contributed by atoms with Crippen molar-refractivity contribution in [1.82, 2.24) is 4.90 Å². The first-order chi connectivity index (χ1) is 13.4. The summed E-state index contributed by atoms with van der Waals surface area (Å²) in [5, 5.41) is 0.696. The van der Waals surface area contributed by atoms with E-state index < -0.39 is 5.97 Å². The van der Waals surface area contributed by atoms with Crippen LogP contribution >= 0.6 is 11.6 Å². The Labute approximate surface area is 170 Å². The summed E-state index contributed by atoms with van der Waals surface area (Å²) in [7, 11) is 3.80. The Morgan fingerprint density at radius 2 is 1.75 bits per heavy atom. The van der Waals surface area contributed by atoms with Gasteiger partial charge < -0.3 is 19.4 Å². The van der Waals surface area contributed by atoms with Crippen molar-refractivity contribution in [2.45, 2.75) is 0 Å². The smallest absolute Gasteiger partial charge is 0.338 e. The molecule has 0 spiro atoms. The van der Waals surface area contributed by atoms with Gasteiger partial charge >= 0.3 is 5.97 Å². The van der Waals surface area contributed by atoms with Crippen LogP contribution in [0.5, 0.6) is 0 Å². The molecular formula is C21H24ClN3O3. The molecule has 28 heavy (non-hydrogen) atoms. The number of carbonyl (C=O) groups excluding carboxylic acids is 2. The van der Waals surface area contributed by atoms with Gasteiger partial charge in [-0.25, -0.2) is 4.79 Å². The highest BCUT2D eigenvalue weighted by atomic mass is 35.5. The number of carbonyl (C=O) groups is 2. The van der Waals surface area contributed by atoms with Crippen LogP contribution in [-0.4, -0.2) is 63.7 Å². The topological polar surface area (TPSA) is 53.1 Å². The summed E-state index contributed by atoms with van der Waals surface area (Å²) in [6.07, 6.45) is 0. The number of halogens is 1. The lowest BCUT2D eigenvalue weighted by Gasteiger charge is -2.36. The van der Waals surface area contributed by atoms with Crippen molar-refractivity contribution in [3.63, 3.8) is 0 Å². The van der Waals surface area contributed by atoms with Crippen LogP contribution in [0.4, 0.5) is 11.4 Å². The molecule has 6 nitrogen and oxygen atoms in total. The van der Waals surface area contributed by atoms with Crippen molar-refractivity contribution in [2.24, 2.45) is 0 Å². The Kier molecular flexibility index (Phi) is 6.41. The van der Waals surface area contributed by atoms with Crippen LogP contribution in [0.15, 0.2) is 48.5 Å². The zero-order chi connectivity index (χ0) is 20.1. The lowest BCUT2D eigenvalue weighted by molar-refractivity contribution is -0.134. The molecule has 0 atom stereocenters. The Balaban J connectivity index is 1.49. The van der Waals surface area contributed by atoms with E-state index in [9.17, 15) is 9.59 Å². The van der Waals surface area contributed by atoms with Gasteiger partial charge in [-0.1, -0.05) is 23.7 Å². The predicted octanol–water partition coefficient (Wildman–Crippen LogP) is 2.91. The Bertz CT molecular complexity index is 848. The molecule has 2 aromatic rings. The van der Waals surface area contributed by atoms with Crippen molar-refractivity contribution in [2.75, 3.05) is 56.7 Å². The van der Waals surface area contributed by atoms with E-state index in [1.54, 1.807) is 23.1 Å². The summed E-state index contributed by atoms with van der Waals surface area (Å²) in [5.74, 6) is -0.669. The third-order valence-electron chi connectivity index (χ3n) is 4.73. The molecule has 0 saturated carbocycles. The molecule has 2 aromatic carbocycles. The fourth-order valence-corrected chi connectivity index (χ4v) is 3.28. The molecule has 0 radical (unpaired) electrons. The monoisotopic (exact) mass is 401 g/mol. The van der Waals surface area contributed by atoms with E-state index in [-0.39, 0.29) is 12.5 Å². The Hall–Kier alpha value is -2.73. The number of esters is 1. The van der Waals surface area contributed by atoms with E-state index in [1.807, 2.05) is 49.3 Å². The molecule has 0 unspecified atom stereocenters. The molecule has 0 N–H and O–H groups in total. The number of ether oxygens (including phenoxy) is 1. The van der Waals surface area contributed by atoms with Gasteiger partial charge in [-0.05, 0) is 36.4 Å². The van der Waals surface area contributed by atoms with E-state index in [1.165, 1.54) is 0 Å². The molecule has 1 heterocycles. The Morgan fingerprint density at radius 1 is 1.04 bits per heavy atom. The molecule has 1 amide bonds. The fraction of sp³-hybridized carbons (Fsp3) is 0.333. The number of hydrogen-bond acceptors (Lipinski definition) is 5. The van der Waals surface area contributed by atoms with Crippen LogP contribution in [-0.2, 0) is 9.53 Å². The largest absolute Gasteiger partial charge is 0.452 e. The van der Waals surface area contributed by atoms with E-state index in [2.05, 4.69) is 4.90 Å². The van der Waals surface area contributed by atoms with Gasteiger partial charge in [0.05, 0.1) is 5.56 Å². The molecule has 0 bridgehead atoms. The summed E-state index contributed by atoms with van der Waals surface area (Å²) in [5.41, 5.74) is 2.38. The standard InChI is InChI=1S/C21H24ClN3O3/c1-23(2)18-7-3-5-16(13-18)21(27)28-15-20(26)25-11-9-24(10-12-25)19-8-4-6-17(22)14-19/h3-8,13-14H,9-12,15H2,1-2H3. The first-order valence-electron chi connectivity index (χ1n) is 9.17. The van der Waals surface area contributed by atoms with Gasteiger partial charge in [-0.15, -0.1) is 0 Å². The maximum absolute atomic E-state index is 12.4. The van der Waals surface area contributed by atoms with Crippen LogP contribution in [0.3, 0.4) is 0 Å². The highest BCUT2D eigenvalue weighted by Crippen LogP contribution is 2.21. The first kappa shape index (κ1) is 20.0. The van der Waals surface area contributed by atoms with Crippen LogP contribution in [0.1, 0.15) is 10.4 Å². The number of piperazine rings is 1. The molecule has 1 aliphatic rings. The zero-order valence-electron chi connectivity index (χ0n) is 16.1. The van der Waals surface area contributed by atoms with Crippen molar-refractivity contribution in [1.29, 1.82) is 0 Å². The number of amides is 1. The van der Waals surface area contributed by atoms with Gasteiger partial charge in [0.1, 0.15) is 0 Å². The van der Waals surface area contributed by atoms with Crippen molar-refractivity contribution in [3.05, 3.63) is 59.1 Å². The lowest BCUT2D eigenvalue weighted by atomic mass is 10.2. The molecule has 3 rings (SSSR count). The molecule has 148 valence electrons. The first-order valence-corrected chi connectivity index (χ1v) is 9.54. The molecule has 0 aromatic heterocycles. The van der Waals surface area contributed by atoms with E-state index in [4.69, 9.17) is 16.3 Å². The molecule has 1 aliphatic heterocycles. The lowest BCUT2D eigenvalue weighted by Crippen LogP contribution is -2.49. The van der Waals surface area contributed by atoms with E-state index in [0.29, 0.717) is 36.8 Å². The second kappa shape index (κ2) is 8.97. The van der Waals surface area contributed by atoms with Gasteiger partial charge in [-0.2, -0.15) is 0 Å². The quantitative estimate of drug-likeness (QED) is 0.721. The van der Waals surface area contributed by atoms with Crippen molar-refractivity contribution < 1.29 is 14.3 Å². The highest BCUT2D eigenvalue weighted by Gasteiger charge is 2.22. The minimum Gasteiger partial charge on any atom is -0.452 e. The predicted molar refractivity (Wildman–Crippen MR) is 111 cm³/mol. The van der Waals surface area contributed by atoms with Gasteiger partial charge in [0, 0.05) is 56.7 Å². The summed E-state index contributed by atoms with van der Waals surface area (Å²) in [4.78, 5) is 30.5. The number of hydrogen-bond donors (Lipinski definition) is 0. The number of rotatable bonds is 5. The van der Waals surface area contributed by atoms with Gasteiger partial charge in [0.25, 0.3) is 5.91 Å². The minimum atomic E-state index is -0.491. The summed E-state index contributed by atoms with van der Waals surface area (Å²) in [6.45, 7) is 2.34. The van der Waals surface area contributed by atoms with E-state index in [0.717, 1.165) is 11.4 Å². The van der Waals surface area contributed by atoms with Crippen LogP contribution < -0.4 is 9.80 Å². The average Bonchev–Trinajstić information content (AvgIpc) is 2.72. The van der Waals surface area contributed by atoms with E-state index >= 15 is 0 Å².